The van der Waals surface area contributed by atoms with Gasteiger partial charge in [0.1, 0.15) is 0 Å². The molecule has 1 aromatic rings. The Balaban J connectivity index is 2.89. The molecule has 1 rings (SSSR count). The van der Waals surface area contributed by atoms with E-state index in [2.05, 4.69) is 27.1 Å². The van der Waals surface area contributed by atoms with Crippen LogP contribution in [0.3, 0.4) is 0 Å². The molecule has 0 spiro atoms. The lowest BCUT2D eigenvalue weighted by Crippen LogP contribution is -2.01. The van der Waals surface area contributed by atoms with Crippen molar-refractivity contribution in [2.45, 2.75) is 5.38 Å². The van der Waals surface area contributed by atoms with Crippen LogP contribution in [0.5, 0.6) is 0 Å². The Morgan fingerprint density at radius 2 is 2.18 bits per heavy atom. The van der Waals surface area contributed by atoms with E-state index < -0.39 is 10.4 Å². The van der Waals surface area contributed by atoms with Crippen molar-refractivity contribution in [3.63, 3.8) is 0 Å². The van der Waals surface area contributed by atoms with Crippen molar-refractivity contribution in [3.8, 4) is 0 Å². The zero-order chi connectivity index (χ0) is 8.48. The van der Waals surface area contributed by atoms with Crippen LogP contribution in [0, 0.1) is 0 Å². The lowest BCUT2D eigenvalue weighted by atomic mass is 10.7. The van der Waals surface area contributed by atoms with Crippen molar-refractivity contribution in [2.24, 2.45) is 0 Å². The summed E-state index contributed by atoms with van der Waals surface area (Å²) in [5.74, 6) is 0. The summed E-state index contributed by atoms with van der Waals surface area (Å²) in [6.07, 6.45) is 0. The van der Waals surface area contributed by atoms with Crippen LogP contribution in [0.2, 0.25) is 0 Å². The lowest BCUT2D eigenvalue weighted by Gasteiger charge is -1.98. The molecule has 0 unspecified atom stereocenters. The van der Waals surface area contributed by atoms with E-state index in [0.717, 1.165) is 11.3 Å². The van der Waals surface area contributed by atoms with Gasteiger partial charge in [-0.05, 0) is 11.6 Å². The van der Waals surface area contributed by atoms with Crippen LogP contribution in [-0.2, 0) is 5.38 Å². The van der Waals surface area contributed by atoms with E-state index in [0.29, 0.717) is 5.13 Å². The van der Waals surface area contributed by atoms with E-state index in [9.17, 15) is 8.78 Å². The zero-order valence-corrected chi connectivity index (χ0v) is 7.01. The summed E-state index contributed by atoms with van der Waals surface area (Å²) in [4.78, 5) is 0. The quantitative estimate of drug-likeness (QED) is 0.739. The molecule has 0 amide bonds. The van der Waals surface area contributed by atoms with Gasteiger partial charge >= 0.3 is 5.38 Å². The highest BCUT2D eigenvalue weighted by Crippen LogP contribution is 2.35. The van der Waals surface area contributed by atoms with Gasteiger partial charge in [-0.25, -0.2) is 0 Å². The summed E-state index contributed by atoms with van der Waals surface area (Å²) in [7, 11) is 1.57. The fourth-order valence-corrected chi connectivity index (χ4v) is 1.16. The lowest BCUT2D eigenvalue weighted by molar-refractivity contribution is 0.0939. The first-order valence-electron chi connectivity index (χ1n) is 2.62. The van der Waals surface area contributed by atoms with E-state index in [1.54, 1.807) is 7.05 Å². The summed E-state index contributed by atoms with van der Waals surface area (Å²) >= 11 is 5.40. The van der Waals surface area contributed by atoms with Crippen LogP contribution < -0.4 is 5.32 Å². The van der Waals surface area contributed by atoms with Gasteiger partial charge < -0.3 is 5.32 Å². The number of nitrogens with zero attached hydrogens (tertiary/aromatic N) is 2. The average Bonchev–Trinajstić information content (AvgIpc) is 2.32. The number of anilines is 1. The molecule has 0 aliphatic heterocycles. The second-order valence-electron chi connectivity index (χ2n) is 1.66. The Bertz CT molecular complexity index is 246. The van der Waals surface area contributed by atoms with E-state index in [1.165, 1.54) is 0 Å². The summed E-state index contributed by atoms with van der Waals surface area (Å²) in [5, 5.41) is 5.56. The molecule has 0 fully saturated rings. The van der Waals surface area contributed by atoms with Crippen LogP contribution >= 0.6 is 22.9 Å². The maximum Gasteiger partial charge on any atom is 0.375 e. The van der Waals surface area contributed by atoms with Crippen molar-refractivity contribution in [1.29, 1.82) is 0 Å². The van der Waals surface area contributed by atoms with Gasteiger partial charge in [0.25, 0.3) is 0 Å². The molecule has 0 atom stereocenters. The highest BCUT2D eigenvalue weighted by molar-refractivity contribution is 7.15. The highest BCUT2D eigenvalue weighted by atomic mass is 35.5. The summed E-state index contributed by atoms with van der Waals surface area (Å²) in [6.45, 7) is 0. The van der Waals surface area contributed by atoms with Gasteiger partial charge in [-0.1, -0.05) is 11.3 Å². The third-order valence-electron chi connectivity index (χ3n) is 0.881. The van der Waals surface area contributed by atoms with Gasteiger partial charge in [-0.3, -0.25) is 0 Å². The monoisotopic (exact) mass is 199 g/mol. The Hall–Kier alpha value is -0.490. The van der Waals surface area contributed by atoms with E-state index >= 15 is 0 Å². The van der Waals surface area contributed by atoms with Crippen LogP contribution in [0.4, 0.5) is 13.9 Å². The second-order valence-corrected chi connectivity index (χ2v) is 3.11. The van der Waals surface area contributed by atoms with Crippen molar-refractivity contribution in [3.05, 3.63) is 5.01 Å². The molecule has 7 heteroatoms. The van der Waals surface area contributed by atoms with Crippen LogP contribution in [0.25, 0.3) is 0 Å². The number of aromatic nitrogens is 2. The van der Waals surface area contributed by atoms with Crippen molar-refractivity contribution < 1.29 is 8.78 Å². The average molecular weight is 200 g/mol. The third-order valence-corrected chi connectivity index (χ3v) is 2.18. The molecule has 0 radical (unpaired) electrons. The highest BCUT2D eigenvalue weighted by Gasteiger charge is 2.32. The van der Waals surface area contributed by atoms with Gasteiger partial charge in [0.05, 0.1) is 0 Å². The first-order chi connectivity index (χ1) is 5.04. The van der Waals surface area contributed by atoms with Crippen LogP contribution in [0.15, 0.2) is 0 Å². The molecule has 0 aromatic carbocycles. The second kappa shape index (κ2) is 2.86. The molecular formula is C4H4ClF2N3S. The SMILES string of the molecule is CNc1nnc(C(F)(F)Cl)s1. The molecule has 0 aliphatic rings. The minimum Gasteiger partial charge on any atom is -0.363 e. The number of hydrogen-bond acceptors (Lipinski definition) is 4. The first kappa shape index (κ1) is 8.61. The molecule has 0 saturated heterocycles. The van der Waals surface area contributed by atoms with Gasteiger partial charge in [0, 0.05) is 7.05 Å². The summed E-state index contributed by atoms with van der Waals surface area (Å²) in [6, 6.07) is 0. The Morgan fingerprint density at radius 1 is 1.55 bits per heavy atom. The molecule has 0 aliphatic carbocycles. The van der Waals surface area contributed by atoms with E-state index in [-0.39, 0.29) is 0 Å². The van der Waals surface area contributed by atoms with Crippen molar-refractivity contribution >= 4 is 28.1 Å². The number of hydrogen-bond donors (Lipinski definition) is 1. The van der Waals surface area contributed by atoms with Crippen molar-refractivity contribution in [2.75, 3.05) is 12.4 Å². The van der Waals surface area contributed by atoms with Gasteiger partial charge in [0.2, 0.25) is 10.1 Å². The molecule has 62 valence electrons. The Labute approximate surface area is 70.4 Å². The normalized spacial score (nSPS) is 11.6. The molecule has 1 aromatic heterocycles. The fourth-order valence-electron chi connectivity index (χ4n) is 0.439. The predicted octanol–water partition coefficient (Wildman–Crippen LogP) is 1.87. The standard InChI is InChI=1S/C4H4ClF2N3S/c1-8-3-10-9-2(11-3)4(5,6)7/h1H3,(H,8,10). The molecule has 0 bridgehead atoms. The molecular weight excluding hydrogens is 196 g/mol. The summed E-state index contributed by atoms with van der Waals surface area (Å²) < 4.78 is 24.5. The van der Waals surface area contributed by atoms with Gasteiger partial charge in [-0.2, -0.15) is 8.78 Å². The third kappa shape index (κ3) is 1.97. The molecule has 1 N–H and O–H groups in total. The van der Waals surface area contributed by atoms with Gasteiger partial charge in [-0.15, -0.1) is 10.2 Å². The Morgan fingerprint density at radius 3 is 2.45 bits per heavy atom. The zero-order valence-electron chi connectivity index (χ0n) is 5.44. The van der Waals surface area contributed by atoms with Crippen LogP contribution in [-0.4, -0.2) is 17.2 Å². The number of rotatable bonds is 2. The first-order valence-corrected chi connectivity index (χ1v) is 3.82. The summed E-state index contributed by atoms with van der Waals surface area (Å²) in [5.41, 5.74) is 0. The van der Waals surface area contributed by atoms with E-state index in [1.807, 2.05) is 0 Å². The maximum absolute atomic E-state index is 12.2. The minimum atomic E-state index is -3.41. The fraction of sp³-hybridized carbons (Fsp3) is 0.500. The molecule has 1 heterocycles. The molecule has 0 saturated carbocycles. The topological polar surface area (TPSA) is 37.8 Å². The predicted molar refractivity (Wildman–Crippen MR) is 39.2 cm³/mol. The van der Waals surface area contributed by atoms with Crippen LogP contribution in [0.1, 0.15) is 5.01 Å². The minimum absolute atomic E-state index is 0.320. The molecule has 3 nitrogen and oxygen atoms in total. The smallest absolute Gasteiger partial charge is 0.363 e. The number of halogens is 3. The number of nitrogens with one attached hydrogen (secondary N) is 1. The number of alkyl halides is 3. The molecule has 11 heavy (non-hydrogen) atoms. The van der Waals surface area contributed by atoms with Crippen molar-refractivity contribution in [1.82, 2.24) is 10.2 Å². The largest absolute Gasteiger partial charge is 0.375 e. The van der Waals surface area contributed by atoms with E-state index in [4.69, 9.17) is 0 Å². The van der Waals surface area contributed by atoms with Gasteiger partial charge in [0.15, 0.2) is 0 Å². The maximum atomic E-state index is 12.2. The Kier molecular flexibility index (Phi) is 2.24.